The lowest BCUT2D eigenvalue weighted by Crippen LogP contribution is -2.45. The minimum absolute atomic E-state index is 0.00749. The summed E-state index contributed by atoms with van der Waals surface area (Å²) in [7, 11) is 1.69. The van der Waals surface area contributed by atoms with Crippen molar-refractivity contribution in [3.8, 4) is 11.4 Å². The molecule has 0 radical (unpaired) electrons. The van der Waals surface area contributed by atoms with Crippen molar-refractivity contribution in [3.63, 3.8) is 0 Å². The lowest BCUT2D eigenvalue weighted by molar-refractivity contribution is 0.0629. The van der Waals surface area contributed by atoms with Gasteiger partial charge in [-0.25, -0.2) is 9.07 Å². The molecule has 6 nitrogen and oxygen atoms in total. The number of amides is 1. The number of hydrogen-bond donors (Lipinski definition) is 1. The Balaban J connectivity index is 1.51. The molecule has 1 aromatic heterocycles. The van der Waals surface area contributed by atoms with Crippen molar-refractivity contribution in [2.24, 2.45) is 0 Å². The molecule has 2 heterocycles. The first-order chi connectivity index (χ1) is 20.1. The normalized spacial score (nSPS) is 17.1. The van der Waals surface area contributed by atoms with E-state index in [2.05, 4.69) is 50.4 Å². The number of carbonyl (C=O) groups excluding carboxylic acids is 1. The molecule has 4 aromatic rings. The third kappa shape index (κ3) is 5.84. The number of methoxy groups -OCH3 is 1. The van der Waals surface area contributed by atoms with E-state index in [1.165, 1.54) is 17.7 Å². The van der Waals surface area contributed by atoms with Gasteiger partial charge in [-0.05, 0) is 73.1 Å². The number of aryl methyl sites for hydroxylation is 1. The van der Waals surface area contributed by atoms with Gasteiger partial charge in [0.25, 0.3) is 5.91 Å². The molecule has 2 atom stereocenters. The molecule has 1 aliphatic heterocycles. The summed E-state index contributed by atoms with van der Waals surface area (Å²) in [5, 5.41) is 8.46. The summed E-state index contributed by atoms with van der Waals surface area (Å²) in [5.41, 5.74) is 6.25. The van der Waals surface area contributed by atoms with Gasteiger partial charge in [0.15, 0.2) is 0 Å². The van der Waals surface area contributed by atoms with E-state index < -0.39 is 0 Å². The topological polar surface area (TPSA) is 59.4 Å². The van der Waals surface area contributed by atoms with Crippen LogP contribution in [-0.4, -0.2) is 33.9 Å². The van der Waals surface area contributed by atoms with Gasteiger partial charge in [0.05, 0.1) is 42.0 Å². The fourth-order valence-electron chi connectivity index (χ4n) is 6.01. The SMILES string of the molecule is CCc1c(C(=O)N2C(NCc3cc(C(C)(C)C)ccc3OC)CCC2c2ccccc2)c(C)nn1-c1ccc(F)cc1. The van der Waals surface area contributed by atoms with Crippen molar-refractivity contribution in [1.29, 1.82) is 0 Å². The maximum absolute atomic E-state index is 14.6. The number of rotatable bonds is 8. The maximum atomic E-state index is 14.6. The number of hydrogen-bond acceptors (Lipinski definition) is 4. The zero-order valence-electron chi connectivity index (χ0n) is 25.4. The van der Waals surface area contributed by atoms with Gasteiger partial charge < -0.3 is 9.64 Å². The van der Waals surface area contributed by atoms with Crippen LogP contribution in [0.15, 0.2) is 72.8 Å². The van der Waals surface area contributed by atoms with Crippen molar-refractivity contribution in [2.75, 3.05) is 7.11 Å². The Labute approximate surface area is 248 Å². The molecule has 2 unspecified atom stereocenters. The number of halogens is 1. The lowest BCUT2D eigenvalue weighted by Gasteiger charge is -2.32. The van der Waals surface area contributed by atoms with E-state index >= 15 is 0 Å². The van der Waals surface area contributed by atoms with Crippen LogP contribution in [0.3, 0.4) is 0 Å². The summed E-state index contributed by atoms with van der Waals surface area (Å²) in [5.74, 6) is 0.478. The predicted octanol–water partition coefficient (Wildman–Crippen LogP) is 7.28. The van der Waals surface area contributed by atoms with E-state index in [1.807, 2.05) is 43.0 Å². The number of nitrogens with one attached hydrogen (secondary N) is 1. The minimum Gasteiger partial charge on any atom is -0.496 e. The molecule has 0 bridgehead atoms. The van der Waals surface area contributed by atoms with E-state index in [0.717, 1.165) is 41.1 Å². The first kappa shape index (κ1) is 29.5. The van der Waals surface area contributed by atoms with Crippen LogP contribution in [-0.2, 0) is 18.4 Å². The molecule has 1 amide bonds. The molecule has 1 N–H and O–H groups in total. The van der Waals surface area contributed by atoms with Crippen molar-refractivity contribution < 1.29 is 13.9 Å². The van der Waals surface area contributed by atoms with Crippen molar-refractivity contribution in [2.45, 2.75) is 78.0 Å². The molecule has 1 saturated heterocycles. The van der Waals surface area contributed by atoms with E-state index in [1.54, 1.807) is 23.9 Å². The largest absolute Gasteiger partial charge is 0.496 e. The zero-order valence-corrected chi connectivity index (χ0v) is 25.4. The van der Waals surface area contributed by atoms with Gasteiger partial charge in [-0.3, -0.25) is 10.1 Å². The van der Waals surface area contributed by atoms with Gasteiger partial charge in [0.1, 0.15) is 11.6 Å². The number of likely N-dealkylation sites (tertiary alicyclic amines) is 1. The van der Waals surface area contributed by atoms with Gasteiger partial charge in [0, 0.05) is 12.1 Å². The Morgan fingerprint density at radius 2 is 1.76 bits per heavy atom. The lowest BCUT2D eigenvalue weighted by atomic mass is 9.86. The standard InChI is InChI=1S/C35H41FN4O2/c1-7-29-33(23(2)38-40(29)28-16-14-27(36)15-17-28)34(41)39-30(24-11-9-8-10-12-24)18-20-32(39)37-22-25-21-26(35(3,4)5)13-19-31(25)42-6/h8-17,19,21,30,32,37H,7,18,20,22H2,1-6H3. The quantitative estimate of drug-likeness (QED) is 0.243. The molecular formula is C35H41FN4O2. The van der Waals surface area contributed by atoms with E-state index in [9.17, 15) is 9.18 Å². The minimum atomic E-state index is -0.307. The molecular weight excluding hydrogens is 527 g/mol. The highest BCUT2D eigenvalue weighted by Gasteiger charge is 2.40. The van der Waals surface area contributed by atoms with Crippen LogP contribution in [0.2, 0.25) is 0 Å². The molecule has 1 aliphatic rings. The molecule has 42 heavy (non-hydrogen) atoms. The van der Waals surface area contributed by atoms with Gasteiger partial charge in [0.2, 0.25) is 0 Å². The van der Waals surface area contributed by atoms with Crippen molar-refractivity contribution in [3.05, 3.63) is 112 Å². The number of benzene rings is 3. The zero-order chi connectivity index (χ0) is 30.0. The molecule has 0 aliphatic carbocycles. The van der Waals surface area contributed by atoms with Crippen LogP contribution >= 0.6 is 0 Å². The van der Waals surface area contributed by atoms with Gasteiger partial charge in [-0.1, -0.05) is 70.2 Å². The third-order valence-electron chi connectivity index (χ3n) is 8.25. The molecule has 220 valence electrons. The summed E-state index contributed by atoms with van der Waals surface area (Å²) >= 11 is 0. The Hall–Kier alpha value is -3.97. The Kier molecular flexibility index (Phi) is 8.50. The first-order valence-corrected chi connectivity index (χ1v) is 14.7. The van der Waals surface area contributed by atoms with Gasteiger partial charge >= 0.3 is 0 Å². The number of ether oxygens (including phenoxy) is 1. The molecule has 0 spiro atoms. The average Bonchev–Trinajstić information content (AvgIpc) is 3.56. The van der Waals surface area contributed by atoms with Crippen molar-refractivity contribution in [1.82, 2.24) is 20.0 Å². The molecule has 0 saturated carbocycles. The highest BCUT2D eigenvalue weighted by Crippen LogP contribution is 2.38. The molecule has 5 rings (SSSR count). The second kappa shape index (κ2) is 12.1. The Morgan fingerprint density at radius 1 is 1.05 bits per heavy atom. The van der Waals surface area contributed by atoms with E-state index in [0.29, 0.717) is 24.2 Å². The van der Waals surface area contributed by atoms with Crippen LogP contribution in [0.25, 0.3) is 5.69 Å². The highest BCUT2D eigenvalue weighted by molar-refractivity contribution is 5.97. The summed E-state index contributed by atoms with van der Waals surface area (Å²) in [6.45, 7) is 11.1. The van der Waals surface area contributed by atoms with Crippen LogP contribution in [0, 0.1) is 12.7 Å². The van der Waals surface area contributed by atoms with Gasteiger partial charge in [-0.15, -0.1) is 0 Å². The van der Waals surface area contributed by atoms with Crippen LogP contribution in [0.4, 0.5) is 4.39 Å². The maximum Gasteiger partial charge on any atom is 0.259 e. The van der Waals surface area contributed by atoms with Crippen LogP contribution in [0.5, 0.6) is 5.75 Å². The summed E-state index contributed by atoms with van der Waals surface area (Å²) in [6.07, 6.45) is 2.10. The monoisotopic (exact) mass is 568 g/mol. The Bertz CT molecular complexity index is 1540. The molecule has 1 fully saturated rings. The second-order valence-corrected chi connectivity index (χ2v) is 12.0. The number of aromatic nitrogens is 2. The third-order valence-corrected chi connectivity index (χ3v) is 8.25. The first-order valence-electron chi connectivity index (χ1n) is 14.7. The Morgan fingerprint density at radius 3 is 2.40 bits per heavy atom. The van der Waals surface area contributed by atoms with Crippen LogP contribution < -0.4 is 10.1 Å². The fourth-order valence-corrected chi connectivity index (χ4v) is 6.01. The molecule has 7 heteroatoms. The number of nitrogens with zero attached hydrogens (tertiary/aromatic N) is 3. The molecule has 3 aromatic carbocycles. The summed E-state index contributed by atoms with van der Waals surface area (Å²) in [6, 6.07) is 22.7. The van der Waals surface area contributed by atoms with Crippen molar-refractivity contribution >= 4 is 5.91 Å². The summed E-state index contributed by atoms with van der Waals surface area (Å²) < 4.78 is 21.2. The summed E-state index contributed by atoms with van der Waals surface area (Å²) in [4.78, 5) is 16.6. The van der Waals surface area contributed by atoms with Gasteiger partial charge in [-0.2, -0.15) is 5.10 Å². The van der Waals surface area contributed by atoms with E-state index in [4.69, 9.17) is 9.84 Å². The predicted molar refractivity (Wildman–Crippen MR) is 165 cm³/mol. The fraction of sp³-hybridized carbons (Fsp3) is 0.371. The second-order valence-electron chi connectivity index (χ2n) is 12.0. The highest BCUT2D eigenvalue weighted by atomic mass is 19.1. The van der Waals surface area contributed by atoms with Crippen LogP contribution in [0.1, 0.15) is 85.0 Å². The number of carbonyl (C=O) groups is 1. The average molecular weight is 569 g/mol. The smallest absolute Gasteiger partial charge is 0.259 e. The van der Waals surface area contributed by atoms with E-state index in [-0.39, 0.29) is 29.3 Å².